The van der Waals surface area contributed by atoms with Crippen molar-refractivity contribution in [2.45, 2.75) is 26.2 Å². The lowest BCUT2D eigenvalue weighted by molar-refractivity contribution is -0.142. The summed E-state index contributed by atoms with van der Waals surface area (Å²) in [5.41, 5.74) is 0. The summed E-state index contributed by atoms with van der Waals surface area (Å²) < 4.78 is 0. The molecule has 1 atom stereocenters. The number of hydrogen-bond donors (Lipinski definition) is 2. The van der Waals surface area contributed by atoms with Gasteiger partial charge in [0.15, 0.2) is 0 Å². The molecule has 17 heavy (non-hydrogen) atoms. The first kappa shape index (κ1) is 13.5. The van der Waals surface area contributed by atoms with Gasteiger partial charge in [0.05, 0.1) is 12.5 Å². The summed E-state index contributed by atoms with van der Waals surface area (Å²) in [5.74, 6) is -1.77. The topological polar surface area (TPSA) is 86.7 Å². The van der Waals surface area contributed by atoms with Crippen LogP contribution in [0.5, 0.6) is 0 Å². The summed E-state index contributed by atoms with van der Waals surface area (Å²) in [6, 6.07) is 0. The van der Waals surface area contributed by atoms with Gasteiger partial charge >= 0.3 is 5.97 Å². The minimum Gasteiger partial charge on any atom is -0.481 e. The number of amides is 2. The van der Waals surface area contributed by atoms with Crippen LogP contribution in [0, 0.1) is 5.92 Å². The van der Waals surface area contributed by atoms with E-state index < -0.39 is 11.9 Å². The summed E-state index contributed by atoms with van der Waals surface area (Å²) in [7, 11) is 0. The number of likely N-dealkylation sites (tertiary alicyclic amines) is 1. The zero-order valence-electron chi connectivity index (χ0n) is 9.94. The standard InChI is InChI=1S/C11H18N2O4/c1-2-8(11(16)17)6-12-9(14)7-13-5-3-4-10(13)15/h8H,2-7H2,1H3,(H,12,14)(H,16,17). The lowest BCUT2D eigenvalue weighted by Gasteiger charge is -2.16. The van der Waals surface area contributed by atoms with Gasteiger partial charge in [-0.1, -0.05) is 6.92 Å². The number of carbonyl (C=O) groups is 3. The molecule has 1 aliphatic heterocycles. The smallest absolute Gasteiger partial charge is 0.308 e. The number of carboxylic acid groups (broad SMARTS) is 1. The Bertz CT molecular complexity index is 317. The Morgan fingerprint density at radius 3 is 2.71 bits per heavy atom. The van der Waals surface area contributed by atoms with Gasteiger partial charge in [-0.3, -0.25) is 14.4 Å². The minimum absolute atomic E-state index is 0.00886. The van der Waals surface area contributed by atoms with E-state index in [4.69, 9.17) is 5.11 Å². The van der Waals surface area contributed by atoms with E-state index >= 15 is 0 Å². The Morgan fingerprint density at radius 2 is 2.24 bits per heavy atom. The maximum absolute atomic E-state index is 11.5. The van der Waals surface area contributed by atoms with Crippen LogP contribution in [-0.4, -0.2) is 47.4 Å². The molecule has 1 rings (SSSR count). The summed E-state index contributed by atoms with van der Waals surface area (Å²) >= 11 is 0. The van der Waals surface area contributed by atoms with E-state index in [0.29, 0.717) is 19.4 Å². The van der Waals surface area contributed by atoms with Gasteiger partial charge in [-0.05, 0) is 12.8 Å². The number of carbonyl (C=O) groups excluding carboxylic acids is 2. The molecule has 96 valence electrons. The fraction of sp³-hybridized carbons (Fsp3) is 0.727. The van der Waals surface area contributed by atoms with Crippen molar-refractivity contribution in [3.8, 4) is 0 Å². The molecule has 0 aromatic carbocycles. The summed E-state index contributed by atoms with van der Waals surface area (Å²) in [6.07, 6.45) is 1.76. The third-order valence-electron chi connectivity index (χ3n) is 2.89. The Hall–Kier alpha value is -1.59. The van der Waals surface area contributed by atoms with E-state index in [9.17, 15) is 14.4 Å². The molecule has 0 radical (unpaired) electrons. The molecule has 0 bridgehead atoms. The molecule has 1 unspecified atom stereocenters. The monoisotopic (exact) mass is 242 g/mol. The zero-order chi connectivity index (χ0) is 12.8. The van der Waals surface area contributed by atoms with Crippen molar-refractivity contribution in [2.24, 2.45) is 5.92 Å². The third kappa shape index (κ3) is 4.05. The second-order valence-electron chi connectivity index (χ2n) is 4.17. The third-order valence-corrected chi connectivity index (χ3v) is 2.89. The fourth-order valence-corrected chi connectivity index (χ4v) is 1.74. The number of carboxylic acids is 1. The largest absolute Gasteiger partial charge is 0.481 e. The summed E-state index contributed by atoms with van der Waals surface area (Å²) in [6.45, 7) is 2.53. The Balaban J connectivity index is 2.29. The minimum atomic E-state index is -0.912. The average molecular weight is 242 g/mol. The van der Waals surface area contributed by atoms with Gasteiger partial charge in [0, 0.05) is 19.5 Å². The van der Waals surface area contributed by atoms with Crippen molar-refractivity contribution in [1.82, 2.24) is 10.2 Å². The Morgan fingerprint density at radius 1 is 1.53 bits per heavy atom. The summed E-state index contributed by atoms with van der Waals surface area (Å²) in [4.78, 5) is 35.0. The van der Waals surface area contributed by atoms with E-state index in [1.807, 2.05) is 0 Å². The molecule has 0 saturated carbocycles. The van der Waals surface area contributed by atoms with E-state index in [0.717, 1.165) is 6.42 Å². The van der Waals surface area contributed by atoms with E-state index in [-0.39, 0.29) is 24.9 Å². The molecule has 0 spiro atoms. The van der Waals surface area contributed by atoms with Crippen LogP contribution in [0.15, 0.2) is 0 Å². The predicted molar refractivity (Wildman–Crippen MR) is 60.2 cm³/mol. The van der Waals surface area contributed by atoms with Crippen LogP contribution in [0.1, 0.15) is 26.2 Å². The second kappa shape index (κ2) is 6.22. The van der Waals surface area contributed by atoms with Crippen LogP contribution in [0.2, 0.25) is 0 Å². The maximum Gasteiger partial charge on any atom is 0.308 e. The Kier molecular flexibility index (Phi) is 4.93. The van der Waals surface area contributed by atoms with Crippen LogP contribution >= 0.6 is 0 Å². The molecule has 2 N–H and O–H groups in total. The first-order chi connectivity index (χ1) is 8.04. The normalized spacial score (nSPS) is 17.0. The molecule has 1 saturated heterocycles. The molecule has 1 heterocycles. The molecular formula is C11H18N2O4. The zero-order valence-corrected chi connectivity index (χ0v) is 9.94. The fourth-order valence-electron chi connectivity index (χ4n) is 1.74. The van der Waals surface area contributed by atoms with E-state index in [2.05, 4.69) is 5.32 Å². The van der Waals surface area contributed by atoms with Crippen LogP contribution in [0.3, 0.4) is 0 Å². The number of nitrogens with one attached hydrogen (secondary N) is 1. The summed E-state index contributed by atoms with van der Waals surface area (Å²) in [5, 5.41) is 11.3. The van der Waals surface area contributed by atoms with Crippen LogP contribution < -0.4 is 5.32 Å². The second-order valence-corrected chi connectivity index (χ2v) is 4.17. The SMILES string of the molecule is CCC(CNC(=O)CN1CCCC1=O)C(=O)O. The molecule has 1 fully saturated rings. The molecule has 0 aromatic heterocycles. The lowest BCUT2D eigenvalue weighted by atomic mass is 10.1. The van der Waals surface area contributed by atoms with Gasteiger partial charge in [-0.15, -0.1) is 0 Å². The maximum atomic E-state index is 11.5. The highest BCUT2D eigenvalue weighted by Crippen LogP contribution is 2.08. The van der Waals surface area contributed by atoms with Gasteiger partial charge in [0.2, 0.25) is 11.8 Å². The Labute approximate surface area is 100.0 Å². The molecule has 6 nitrogen and oxygen atoms in total. The van der Waals surface area contributed by atoms with Gasteiger partial charge in [-0.2, -0.15) is 0 Å². The first-order valence-electron chi connectivity index (χ1n) is 5.81. The lowest BCUT2D eigenvalue weighted by Crippen LogP contribution is -2.40. The molecule has 6 heteroatoms. The molecule has 2 amide bonds. The molecular weight excluding hydrogens is 224 g/mol. The van der Waals surface area contributed by atoms with E-state index in [1.54, 1.807) is 6.92 Å². The van der Waals surface area contributed by atoms with Gasteiger partial charge in [-0.25, -0.2) is 0 Å². The number of hydrogen-bond acceptors (Lipinski definition) is 3. The van der Waals surface area contributed by atoms with Crippen molar-refractivity contribution in [2.75, 3.05) is 19.6 Å². The van der Waals surface area contributed by atoms with Crippen molar-refractivity contribution >= 4 is 17.8 Å². The molecule has 0 aliphatic carbocycles. The molecule has 1 aliphatic rings. The highest BCUT2D eigenvalue weighted by atomic mass is 16.4. The van der Waals surface area contributed by atoms with Crippen molar-refractivity contribution < 1.29 is 19.5 Å². The van der Waals surface area contributed by atoms with Crippen LogP contribution in [0.4, 0.5) is 0 Å². The number of nitrogens with zero attached hydrogens (tertiary/aromatic N) is 1. The first-order valence-corrected chi connectivity index (χ1v) is 5.81. The van der Waals surface area contributed by atoms with Crippen molar-refractivity contribution in [3.63, 3.8) is 0 Å². The predicted octanol–water partition coefficient (Wildman–Crippen LogP) is -0.164. The van der Waals surface area contributed by atoms with E-state index in [1.165, 1.54) is 4.90 Å². The highest BCUT2D eigenvalue weighted by molar-refractivity contribution is 5.86. The quantitative estimate of drug-likeness (QED) is 0.677. The van der Waals surface area contributed by atoms with Gasteiger partial charge in [0.25, 0.3) is 0 Å². The van der Waals surface area contributed by atoms with Gasteiger partial charge < -0.3 is 15.3 Å². The van der Waals surface area contributed by atoms with Crippen LogP contribution in [-0.2, 0) is 14.4 Å². The average Bonchev–Trinajstić information content (AvgIpc) is 2.65. The number of aliphatic carboxylic acids is 1. The number of rotatable bonds is 6. The van der Waals surface area contributed by atoms with Crippen molar-refractivity contribution in [3.05, 3.63) is 0 Å². The van der Waals surface area contributed by atoms with Gasteiger partial charge in [0.1, 0.15) is 0 Å². The van der Waals surface area contributed by atoms with Crippen LogP contribution in [0.25, 0.3) is 0 Å². The molecule has 0 aromatic rings. The highest BCUT2D eigenvalue weighted by Gasteiger charge is 2.23. The van der Waals surface area contributed by atoms with Crippen molar-refractivity contribution in [1.29, 1.82) is 0 Å².